The van der Waals surface area contributed by atoms with Gasteiger partial charge in [0.05, 0.1) is 19.1 Å². The Hall–Kier alpha value is -1.63. The highest BCUT2D eigenvalue weighted by atomic mass is 16.5. The van der Waals surface area contributed by atoms with Crippen molar-refractivity contribution >= 4 is 17.7 Å². The molecule has 0 N–H and O–H groups in total. The van der Waals surface area contributed by atoms with Crippen molar-refractivity contribution in [2.75, 3.05) is 52.5 Å². The fraction of sp³-hybridized carbons (Fsp3) is 0.870. The van der Waals surface area contributed by atoms with E-state index in [9.17, 15) is 14.4 Å². The minimum Gasteiger partial charge on any atom is -0.378 e. The number of amides is 3. The Kier molecular flexibility index (Phi) is 7.28. The topological polar surface area (TPSA) is 70.2 Å². The summed E-state index contributed by atoms with van der Waals surface area (Å²) in [6.07, 6.45) is 9.29. The maximum absolute atomic E-state index is 12.7. The molecular weight excluding hydrogens is 382 g/mol. The Morgan fingerprint density at radius 3 is 2.27 bits per heavy atom. The van der Waals surface area contributed by atoms with Crippen LogP contribution in [0.25, 0.3) is 0 Å². The second-order valence-corrected chi connectivity index (χ2v) is 9.67. The monoisotopic (exact) mass is 419 g/mol. The van der Waals surface area contributed by atoms with Crippen molar-refractivity contribution in [2.45, 2.75) is 57.8 Å². The first-order chi connectivity index (χ1) is 14.6. The third-order valence-corrected chi connectivity index (χ3v) is 7.52. The first kappa shape index (κ1) is 21.6. The lowest BCUT2D eigenvalue weighted by Crippen LogP contribution is -2.45. The smallest absolute Gasteiger partial charge is 0.228 e. The molecule has 1 saturated carbocycles. The van der Waals surface area contributed by atoms with Gasteiger partial charge in [0.2, 0.25) is 17.7 Å². The van der Waals surface area contributed by atoms with E-state index in [1.54, 1.807) is 0 Å². The second-order valence-electron chi connectivity index (χ2n) is 9.67. The number of carbonyl (C=O) groups is 3. The molecule has 0 spiro atoms. The van der Waals surface area contributed by atoms with Crippen LogP contribution in [0.1, 0.15) is 57.8 Å². The molecule has 4 rings (SSSR count). The van der Waals surface area contributed by atoms with E-state index < -0.39 is 0 Å². The second kappa shape index (κ2) is 10.1. The van der Waals surface area contributed by atoms with Crippen molar-refractivity contribution in [3.8, 4) is 0 Å². The number of ether oxygens (including phenoxy) is 1. The molecule has 3 saturated heterocycles. The molecule has 1 atom stereocenters. The summed E-state index contributed by atoms with van der Waals surface area (Å²) in [5.74, 6) is 1.37. The molecule has 4 aliphatic rings. The molecule has 7 heteroatoms. The summed E-state index contributed by atoms with van der Waals surface area (Å²) in [5.41, 5.74) is 0. The molecule has 1 unspecified atom stereocenters. The van der Waals surface area contributed by atoms with Crippen LogP contribution in [0, 0.1) is 17.8 Å². The van der Waals surface area contributed by atoms with Crippen molar-refractivity contribution in [3.05, 3.63) is 0 Å². The normalized spacial score (nSPS) is 27.0. The van der Waals surface area contributed by atoms with E-state index in [0.29, 0.717) is 57.0 Å². The van der Waals surface area contributed by atoms with E-state index in [2.05, 4.69) is 0 Å². The molecule has 168 valence electrons. The number of rotatable bonds is 5. The number of hydrogen-bond acceptors (Lipinski definition) is 4. The summed E-state index contributed by atoms with van der Waals surface area (Å²) < 4.78 is 5.32. The molecule has 4 fully saturated rings. The van der Waals surface area contributed by atoms with Gasteiger partial charge in [-0.3, -0.25) is 14.4 Å². The average molecular weight is 420 g/mol. The number of morpholine rings is 1. The average Bonchev–Trinajstić information content (AvgIpc) is 3.15. The number of nitrogens with zero attached hydrogens (tertiary/aromatic N) is 3. The zero-order valence-electron chi connectivity index (χ0n) is 18.2. The van der Waals surface area contributed by atoms with Gasteiger partial charge in [0.25, 0.3) is 0 Å². The van der Waals surface area contributed by atoms with Gasteiger partial charge in [0.15, 0.2) is 0 Å². The first-order valence-electron chi connectivity index (χ1n) is 12.0. The van der Waals surface area contributed by atoms with E-state index in [-0.39, 0.29) is 17.7 Å². The van der Waals surface area contributed by atoms with Gasteiger partial charge in [-0.25, -0.2) is 0 Å². The van der Waals surface area contributed by atoms with Crippen molar-refractivity contribution in [1.29, 1.82) is 0 Å². The van der Waals surface area contributed by atoms with Gasteiger partial charge in [0.1, 0.15) is 0 Å². The van der Waals surface area contributed by atoms with Gasteiger partial charge in [-0.15, -0.1) is 0 Å². The third-order valence-electron chi connectivity index (χ3n) is 7.52. The Balaban J connectivity index is 1.19. The first-order valence-corrected chi connectivity index (χ1v) is 12.0. The molecule has 3 aliphatic heterocycles. The van der Waals surface area contributed by atoms with Gasteiger partial charge < -0.3 is 19.4 Å². The van der Waals surface area contributed by atoms with Crippen LogP contribution in [0.2, 0.25) is 0 Å². The maximum Gasteiger partial charge on any atom is 0.228 e. The lowest BCUT2D eigenvalue weighted by molar-refractivity contribution is -0.139. The number of likely N-dealkylation sites (tertiary alicyclic amines) is 2. The Morgan fingerprint density at radius 2 is 1.57 bits per heavy atom. The molecule has 0 radical (unpaired) electrons. The van der Waals surface area contributed by atoms with E-state index in [4.69, 9.17) is 4.74 Å². The lowest BCUT2D eigenvalue weighted by Gasteiger charge is -2.35. The molecule has 3 heterocycles. The zero-order chi connectivity index (χ0) is 20.9. The molecular formula is C23H37N3O4. The highest BCUT2D eigenvalue weighted by molar-refractivity contribution is 5.89. The van der Waals surface area contributed by atoms with Gasteiger partial charge in [0, 0.05) is 52.1 Å². The Labute approximate surface area is 180 Å². The lowest BCUT2D eigenvalue weighted by atomic mass is 9.86. The largest absolute Gasteiger partial charge is 0.378 e. The molecule has 0 aromatic rings. The molecule has 7 nitrogen and oxygen atoms in total. The molecule has 0 aromatic heterocycles. The standard InChI is InChI=1S/C23H37N3O4/c27-21(14-18-4-2-1-3-5-18)24-8-6-19(7-9-24)16-26-17-20(15-22(26)28)23(29)25-10-12-30-13-11-25/h18-20H,1-17H2. The van der Waals surface area contributed by atoms with Crippen LogP contribution in [0.15, 0.2) is 0 Å². The van der Waals surface area contributed by atoms with Crippen LogP contribution in [0.4, 0.5) is 0 Å². The summed E-state index contributed by atoms with van der Waals surface area (Å²) >= 11 is 0. The molecule has 0 bridgehead atoms. The van der Waals surface area contributed by atoms with Crippen LogP contribution in [0.3, 0.4) is 0 Å². The molecule has 30 heavy (non-hydrogen) atoms. The number of carbonyl (C=O) groups excluding carboxylic acids is 3. The summed E-state index contributed by atoms with van der Waals surface area (Å²) in [4.78, 5) is 43.7. The van der Waals surface area contributed by atoms with E-state index >= 15 is 0 Å². The predicted molar refractivity (Wildman–Crippen MR) is 113 cm³/mol. The van der Waals surface area contributed by atoms with Crippen molar-refractivity contribution < 1.29 is 19.1 Å². The summed E-state index contributed by atoms with van der Waals surface area (Å²) in [6.45, 7) is 5.37. The minimum atomic E-state index is -0.201. The minimum absolute atomic E-state index is 0.109. The Morgan fingerprint density at radius 1 is 0.867 bits per heavy atom. The number of piperidine rings is 1. The van der Waals surface area contributed by atoms with Crippen LogP contribution in [0.5, 0.6) is 0 Å². The molecule has 0 aromatic carbocycles. The molecule has 3 amide bonds. The van der Waals surface area contributed by atoms with E-state index in [1.807, 2.05) is 14.7 Å². The fourth-order valence-corrected chi connectivity index (χ4v) is 5.60. The maximum atomic E-state index is 12.7. The van der Waals surface area contributed by atoms with Crippen LogP contribution in [-0.2, 0) is 19.1 Å². The van der Waals surface area contributed by atoms with Gasteiger partial charge >= 0.3 is 0 Å². The number of hydrogen-bond donors (Lipinski definition) is 0. The summed E-state index contributed by atoms with van der Waals surface area (Å²) in [7, 11) is 0. The SMILES string of the molecule is O=C(CC1CCCCC1)N1CCC(CN2CC(C(=O)N3CCOCC3)CC2=O)CC1. The van der Waals surface area contributed by atoms with Gasteiger partial charge in [-0.05, 0) is 37.5 Å². The Bertz CT molecular complexity index is 620. The van der Waals surface area contributed by atoms with Crippen molar-refractivity contribution in [3.63, 3.8) is 0 Å². The highest BCUT2D eigenvalue weighted by Crippen LogP contribution is 2.29. The van der Waals surface area contributed by atoms with Crippen molar-refractivity contribution in [1.82, 2.24) is 14.7 Å². The highest BCUT2D eigenvalue weighted by Gasteiger charge is 2.38. The molecule has 1 aliphatic carbocycles. The van der Waals surface area contributed by atoms with Crippen LogP contribution in [-0.4, -0.2) is 84.9 Å². The van der Waals surface area contributed by atoms with Crippen molar-refractivity contribution in [2.24, 2.45) is 17.8 Å². The van der Waals surface area contributed by atoms with E-state index in [0.717, 1.165) is 38.9 Å². The third kappa shape index (κ3) is 5.34. The van der Waals surface area contributed by atoms with Crippen LogP contribution < -0.4 is 0 Å². The zero-order valence-corrected chi connectivity index (χ0v) is 18.2. The van der Waals surface area contributed by atoms with E-state index in [1.165, 1.54) is 32.1 Å². The van der Waals surface area contributed by atoms with Gasteiger partial charge in [-0.2, -0.15) is 0 Å². The quantitative estimate of drug-likeness (QED) is 0.683. The fourth-order valence-electron chi connectivity index (χ4n) is 5.60. The predicted octanol–water partition coefficient (Wildman–Crippen LogP) is 1.90. The summed E-state index contributed by atoms with van der Waals surface area (Å²) in [6, 6.07) is 0. The van der Waals surface area contributed by atoms with Gasteiger partial charge in [-0.1, -0.05) is 19.3 Å². The summed E-state index contributed by atoms with van der Waals surface area (Å²) in [5, 5.41) is 0. The van der Waals surface area contributed by atoms with Crippen LogP contribution >= 0.6 is 0 Å².